The van der Waals surface area contributed by atoms with E-state index in [1.54, 1.807) is 4.90 Å². The van der Waals surface area contributed by atoms with Crippen LogP contribution in [0.25, 0.3) is 0 Å². The monoisotopic (exact) mass is 346 g/mol. The summed E-state index contributed by atoms with van der Waals surface area (Å²) in [6, 6.07) is 1.94. The van der Waals surface area contributed by atoms with Gasteiger partial charge in [-0.05, 0) is 59.8 Å². The molecule has 2 N–H and O–H groups in total. The predicted octanol–water partition coefficient (Wildman–Crippen LogP) is 2.93. The Labute approximate surface area is 125 Å². The van der Waals surface area contributed by atoms with Gasteiger partial charge in [-0.25, -0.2) is 8.78 Å². The van der Waals surface area contributed by atoms with Crippen LogP contribution < -0.4 is 5.73 Å². The van der Waals surface area contributed by atoms with E-state index in [2.05, 4.69) is 15.9 Å². The van der Waals surface area contributed by atoms with Crippen molar-refractivity contribution in [3.8, 4) is 0 Å². The summed E-state index contributed by atoms with van der Waals surface area (Å²) in [5, 5.41) is 0. The second kappa shape index (κ2) is 6.63. The highest BCUT2D eigenvalue weighted by atomic mass is 79.9. The summed E-state index contributed by atoms with van der Waals surface area (Å²) in [5.74, 6) is -1.85. The second-order valence-electron chi connectivity index (χ2n) is 5.08. The Balaban J connectivity index is 2.16. The van der Waals surface area contributed by atoms with E-state index in [1.807, 2.05) is 0 Å². The van der Waals surface area contributed by atoms with E-state index in [9.17, 15) is 13.6 Å². The van der Waals surface area contributed by atoms with Crippen molar-refractivity contribution in [2.45, 2.75) is 19.3 Å². The standard InChI is InChI=1S/C14H17BrF2N2O/c15-11-7-13(17)12(16)6-10(11)14(20)19-5-1-2-9(8-19)3-4-18/h6-7,9H,1-5,8,18H2. The third kappa shape index (κ3) is 3.35. The lowest BCUT2D eigenvalue weighted by Crippen LogP contribution is -2.40. The smallest absolute Gasteiger partial charge is 0.255 e. The molecule has 110 valence electrons. The number of halogens is 3. The maximum absolute atomic E-state index is 13.3. The van der Waals surface area contributed by atoms with Gasteiger partial charge in [0, 0.05) is 17.6 Å². The number of nitrogens with zero attached hydrogens (tertiary/aromatic N) is 1. The molecule has 0 spiro atoms. The van der Waals surface area contributed by atoms with Crippen molar-refractivity contribution in [3.63, 3.8) is 0 Å². The number of piperidine rings is 1. The number of hydrogen-bond acceptors (Lipinski definition) is 2. The quantitative estimate of drug-likeness (QED) is 0.855. The van der Waals surface area contributed by atoms with Gasteiger partial charge < -0.3 is 10.6 Å². The minimum atomic E-state index is -1.01. The van der Waals surface area contributed by atoms with E-state index in [0.29, 0.717) is 25.6 Å². The Morgan fingerprint density at radius 1 is 1.40 bits per heavy atom. The summed E-state index contributed by atoms with van der Waals surface area (Å²) in [6.45, 7) is 1.87. The maximum Gasteiger partial charge on any atom is 0.255 e. The summed E-state index contributed by atoms with van der Waals surface area (Å²) in [4.78, 5) is 14.1. The summed E-state index contributed by atoms with van der Waals surface area (Å²) < 4.78 is 26.7. The molecule has 20 heavy (non-hydrogen) atoms. The minimum Gasteiger partial charge on any atom is -0.338 e. The van der Waals surface area contributed by atoms with Gasteiger partial charge in [-0.1, -0.05) is 0 Å². The molecule has 1 aromatic rings. The van der Waals surface area contributed by atoms with Crippen LogP contribution in [0.5, 0.6) is 0 Å². The molecule has 1 fully saturated rings. The van der Waals surface area contributed by atoms with Gasteiger partial charge in [0.25, 0.3) is 5.91 Å². The van der Waals surface area contributed by atoms with E-state index in [0.717, 1.165) is 31.4 Å². The Kier molecular flexibility index (Phi) is 5.10. The lowest BCUT2D eigenvalue weighted by molar-refractivity contribution is 0.0668. The van der Waals surface area contributed by atoms with Crippen LogP contribution in [0.1, 0.15) is 29.6 Å². The Bertz CT molecular complexity index is 508. The lowest BCUT2D eigenvalue weighted by atomic mass is 9.94. The van der Waals surface area contributed by atoms with Gasteiger partial charge in [0.2, 0.25) is 0 Å². The molecule has 0 bridgehead atoms. The molecule has 1 heterocycles. The number of carbonyl (C=O) groups excluding carboxylic acids is 1. The van der Waals surface area contributed by atoms with Crippen LogP contribution in [-0.2, 0) is 0 Å². The van der Waals surface area contributed by atoms with Gasteiger partial charge in [-0.2, -0.15) is 0 Å². The third-order valence-electron chi connectivity index (χ3n) is 3.62. The number of nitrogens with two attached hydrogens (primary N) is 1. The van der Waals surface area contributed by atoms with Gasteiger partial charge >= 0.3 is 0 Å². The number of rotatable bonds is 3. The molecule has 1 amide bonds. The van der Waals surface area contributed by atoms with Crippen LogP contribution in [0.2, 0.25) is 0 Å². The number of hydrogen-bond donors (Lipinski definition) is 1. The molecule has 0 radical (unpaired) electrons. The highest BCUT2D eigenvalue weighted by Gasteiger charge is 2.26. The number of amides is 1. The van der Waals surface area contributed by atoms with Gasteiger partial charge in [0.05, 0.1) is 5.56 Å². The van der Waals surface area contributed by atoms with Crippen molar-refractivity contribution >= 4 is 21.8 Å². The van der Waals surface area contributed by atoms with Crippen molar-refractivity contribution in [3.05, 3.63) is 33.8 Å². The molecule has 1 aliphatic rings. The SMILES string of the molecule is NCCC1CCCN(C(=O)c2cc(F)c(F)cc2Br)C1. The van der Waals surface area contributed by atoms with Gasteiger partial charge in [-0.15, -0.1) is 0 Å². The zero-order valence-electron chi connectivity index (χ0n) is 11.0. The number of carbonyl (C=O) groups is 1. The molecule has 0 saturated carbocycles. The van der Waals surface area contributed by atoms with Crippen molar-refractivity contribution in [1.82, 2.24) is 4.90 Å². The van der Waals surface area contributed by atoms with Gasteiger partial charge in [0.1, 0.15) is 0 Å². The fourth-order valence-corrected chi connectivity index (χ4v) is 3.06. The van der Waals surface area contributed by atoms with E-state index in [1.165, 1.54) is 0 Å². The van der Waals surface area contributed by atoms with E-state index >= 15 is 0 Å². The number of likely N-dealkylation sites (tertiary alicyclic amines) is 1. The van der Waals surface area contributed by atoms with Crippen LogP contribution >= 0.6 is 15.9 Å². The topological polar surface area (TPSA) is 46.3 Å². The van der Waals surface area contributed by atoms with Crippen LogP contribution in [0.4, 0.5) is 8.78 Å². The van der Waals surface area contributed by atoms with Crippen LogP contribution in [-0.4, -0.2) is 30.4 Å². The van der Waals surface area contributed by atoms with Crippen molar-refractivity contribution in [1.29, 1.82) is 0 Å². The highest BCUT2D eigenvalue weighted by Crippen LogP contribution is 2.25. The first kappa shape index (κ1) is 15.4. The molecule has 1 aliphatic heterocycles. The molecule has 1 atom stereocenters. The molecular formula is C14H17BrF2N2O. The average molecular weight is 347 g/mol. The largest absolute Gasteiger partial charge is 0.338 e. The second-order valence-corrected chi connectivity index (χ2v) is 5.94. The third-order valence-corrected chi connectivity index (χ3v) is 4.28. The molecule has 3 nitrogen and oxygen atoms in total. The van der Waals surface area contributed by atoms with E-state index < -0.39 is 11.6 Å². The van der Waals surface area contributed by atoms with Crippen LogP contribution in [0, 0.1) is 17.6 Å². The van der Waals surface area contributed by atoms with E-state index in [-0.39, 0.29) is 15.9 Å². The van der Waals surface area contributed by atoms with Crippen LogP contribution in [0.3, 0.4) is 0 Å². The van der Waals surface area contributed by atoms with Crippen molar-refractivity contribution < 1.29 is 13.6 Å². The Morgan fingerprint density at radius 3 is 2.80 bits per heavy atom. The van der Waals surface area contributed by atoms with Crippen molar-refractivity contribution in [2.75, 3.05) is 19.6 Å². The first-order chi connectivity index (χ1) is 9.52. The molecule has 1 unspecified atom stereocenters. The number of benzene rings is 1. The minimum absolute atomic E-state index is 0.164. The average Bonchev–Trinajstić information content (AvgIpc) is 2.43. The summed E-state index contributed by atoms with van der Waals surface area (Å²) in [7, 11) is 0. The molecular weight excluding hydrogens is 330 g/mol. The predicted molar refractivity (Wildman–Crippen MR) is 76.4 cm³/mol. The normalized spacial score (nSPS) is 19.2. The van der Waals surface area contributed by atoms with Crippen molar-refractivity contribution in [2.24, 2.45) is 11.7 Å². The fraction of sp³-hybridized carbons (Fsp3) is 0.500. The molecule has 6 heteroatoms. The fourth-order valence-electron chi connectivity index (χ4n) is 2.58. The summed E-state index contributed by atoms with van der Waals surface area (Å²) in [6.07, 6.45) is 2.85. The molecule has 0 aliphatic carbocycles. The van der Waals surface area contributed by atoms with E-state index in [4.69, 9.17) is 5.73 Å². The first-order valence-corrected chi connectivity index (χ1v) is 7.46. The van der Waals surface area contributed by atoms with Gasteiger partial charge in [0.15, 0.2) is 11.6 Å². The molecule has 2 rings (SSSR count). The lowest BCUT2D eigenvalue weighted by Gasteiger charge is -2.33. The maximum atomic E-state index is 13.3. The Morgan fingerprint density at radius 2 is 2.10 bits per heavy atom. The van der Waals surface area contributed by atoms with Gasteiger partial charge in [-0.3, -0.25) is 4.79 Å². The van der Waals surface area contributed by atoms with Crippen LogP contribution in [0.15, 0.2) is 16.6 Å². The molecule has 1 saturated heterocycles. The highest BCUT2D eigenvalue weighted by molar-refractivity contribution is 9.10. The summed E-state index contributed by atoms with van der Waals surface area (Å²) >= 11 is 3.12. The Hall–Kier alpha value is -1.01. The molecule has 0 aromatic heterocycles. The summed E-state index contributed by atoms with van der Waals surface area (Å²) in [5.41, 5.74) is 5.71. The first-order valence-electron chi connectivity index (χ1n) is 6.66. The zero-order valence-corrected chi connectivity index (χ0v) is 12.6. The zero-order chi connectivity index (χ0) is 14.7. The molecule has 1 aromatic carbocycles.